The molecule has 1 saturated heterocycles. The van der Waals surface area contributed by atoms with Gasteiger partial charge in [0.15, 0.2) is 0 Å². The molecule has 1 aliphatic heterocycles. The van der Waals surface area contributed by atoms with Gasteiger partial charge in [0.05, 0.1) is 27.6 Å². The van der Waals surface area contributed by atoms with Crippen LogP contribution in [0.25, 0.3) is 10.2 Å². The van der Waals surface area contributed by atoms with Crippen LogP contribution in [0.2, 0.25) is 0 Å². The maximum Gasteiger partial charge on any atom is 0.305 e. The summed E-state index contributed by atoms with van der Waals surface area (Å²) in [5.41, 5.74) is 1.61. The molecule has 2 aromatic carbocycles. The predicted octanol–water partition coefficient (Wildman–Crippen LogP) is 3.98. The van der Waals surface area contributed by atoms with Crippen molar-refractivity contribution in [2.24, 2.45) is 0 Å². The van der Waals surface area contributed by atoms with Gasteiger partial charge < -0.3 is 30.5 Å². The predicted molar refractivity (Wildman–Crippen MR) is 175 cm³/mol. The number of phenols is 1. The Morgan fingerprint density at radius 2 is 1.93 bits per heavy atom. The lowest BCUT2D eigenvalue weighted by atomic mass is 9.91. The first-order valence-electron chi connectivity index (χ1n) is 15.1. The van der Waals surface area contributed by atoms with Crippen molar-refractivity contribution in [1.29, 1.82) is 0 Å². The number of aromatic amines is 1. The number of carbonyl (C=O) groups is 1. The molecule has 13 heteroatoms. The minimum Gasteiger partial charge on any atom is -0.506 e. The molecule has 0 unspecified atom stereocenters. The van der Waals surface area contributed by atoms with E-state index in [0.717, 1.165) is 27.5 Å². The fourth-order valence-corrected chi connectivity index (χ4v) is 7.37. The van der Waals surface area contributed by atoms with E-state index in [2.05, 4.69) is 20.2 Å². The molecule has 45 heavy (non-hydrogen) atoms. The van der Waals surface area contributed by atoms with Crippen LogP contribution in [-0.4, -0.2) is 86.4 Å². The van der Waals surface area contributed by atoms with Gasteiger partial charge in [0, 0.05) is 50.7 Å². The Bertz CT molecular complexity index is 1690. The molecule has 5 N–H and O–H groups in total. The van der Waals surface area contributed by atoms with Gasteiger partial charge in [-0.15, -0.1) is 11.3 Å². The van der Waals surface area contributed by atoms with E-state index < -0.39 is 11.7 Å². The Labute approximate surface area is 269 Å². The normalized spacial score (nSPS) is 16.1. The van der Waals surface area contributed by atoms with Gasteiger partial charge in [-0.1, -0.05) is 37.3 Å². The molecule has 1 fully saturated rings. The molecule has 0 aliphatic carbocycles. The summed E-state index contributed by atoms with van der Waals surface area (Å²) in [7, 11) is 1.87. The zero-order valence-electron chi connectivity index (χ0n) is 25.7. The maximum atomic E-state index is 14.6. The lowest BCUT2D eigenvalue weighted by Crippen LogP contribution is -2.50. The number of aromatic hydroxyl groups is 1. The highest BCUT2D eigenvalue weighted by Crippen LogP contribution is 2.32. The number of thiazole rings is 2. The van der Waals surface area contributed by atoms with Gasteiger partial charge in [0.1, 0.15) is 22.0 Å². The summed E-state index contributed by atoms with van der Waals surface area (Å²) >= 11 is 2.32. The van der Waals surface area contributed by atoms with Gasteiger partial charge >= 0.3 is 4.87 Å². The van der Waals surface area contributed by atoms with Gasteiger partial charge in [-0.2, -0.15) is 0 Å². The second kappa shape index (κ2) is 14.1. The third-order valence-corrected chi connectivity index (χ3v) is 10.5. The molecule has 1 atom stereocenters. The van der Waals surface area contributed by atoms with E-state index >= 15 is 0 Å². The van der Waals surface area contributed by atoms with Crippen molar-refractivity contribution < 1.29 is 24.5 Å². The molecule has 0 spiro atoms. The Morgan fingerprint density at radius 1 is 1.20 bits per heavy atom. The van der Waals surface area contributed by atoms with Crippen molar-refractivity contribution >= 4 is 38.8 Å². The zero-order valence-corrected chi connectivity index (χ0v) is 27.3. The molecule has 1 amide bonds. The Kier molecular flexibility index (Phi) is 10.4. The number of benzene rings is 2. The summed E-state index contributed by atoms with van der Waals surface area (Å²) in [6, 6.07) is 8.15. The van der Waals surface area contributed by atoms with Crippen molar-refractivity contribution in [3.8, 4) is 5.75 Å². The fourth-order valence-electron chi connectivity index (χ4n) is 5.61. The number of rotatable bonds is 12. The van der Waals surface area contributed by atoms with E-state index in [1.165, 1.54) is 29.5 Å². The Hall–Kier alpha value is -3.20. The number of piperidine rings is 1. The van der Waals surface area contributed by atoms with Crippen LogP contribution in [0, 0.1) is 5.82 Å². The van der Waals surface area contributed by atoms with Gasteiger partial charge in [0.2, 0.25) is 0 Å². The minimum atomic E-state index is -0.995. The van der Waals surface area contributed by atoms with Crippen molar-refractivity contribution in [3.05, 3.63) is 78.6 Å². The largest absolute Gasteiger partial charge is 0.506 e. The number of likely N-dealkylation sites (N-methyl/N-ethyl adjacent to an activating group) is 1. The van der Waals surface area contributed by atoms with Crippen LogP contribution < -0.4 is 10.2 Å². The molecule has 3 heterocycles. The van der Waals surface area contributed by atoms with Crippen LogP contribution in [0.1, 0.15) is 70.1 Å². The van der Waals surface area contributed by atoms with Crippen molar-refractivity contribution in [1.82, 2.24) is 25.1 Å². The molecule has 0 saturated carbocycles. The summed E-state index contributed by atoms with van der Waals surface area (Å²) in [5, 5.41) is 35.8. The molecular weight excluding hydrogens is 618 g/mol. The average Bonchev–Trinajstić information content (AvgIpc) is 3.64. The van der Waals surface area contributed by atoms with Crippen LogP contribution in [-0.2, 0) is 13.0 Å². The summed E-state index contributed by atoms with van der Waals surface area (Å²) in [4.78, 5) is 35.7. The van der Waals surface area contributed by atoms with Gasteiger partial charge in [-0.3, -0.25) is 14.5 Å². The standard InChI is InChI=1S/C32H40FN5O5S2/c1-19(2)30-34-15-26(44-30)29(41)35-18-32(43)7-10-38(11-8-32)16-21-12-20(13-22(33)14-21)6-9-37(3)17-25(40)23-4-5-24(39)27-28(23)45-31(42)36-27/h4-5,12-15,19,25,39-40,43H,6-11,16-18H2,1-3H3,(H,35,41)(H,36,42)/t25-/m0/s1. The van der Waals surface area contributed by atoms with E-state index in [4.69, 9.17) is 0 Å². The van der Waals surface area contributed by atoms with Gasteiger partial charge in [0.25, 0.3) is 5.91 Å². The van der Waals surface area contributed by atoms with Crippen molar-refractivity contribution in [2.75, 3.05) is 39.8 Å². The second-order valence-electron chi connectivity index (χ2n) is 12.3. The van der Waals surface area contributed by atoms with E-state index in [0.29, 0.717) is 72.6 Å². The first-order valence-corrected chi connectivity index (χ1v) is 16.7. The van der Waals surface area contributed by atoms with Crippen molar-refractivity contribution in [3.63, 3.8) is 0 Å². The number of phenolic OH excluding ortho intramolecular Hbond substituents is 1. The molecule has 2 aromatic heterocycles. The highest BCUT2D eigenvalue weighted by Gasteiger charge is 2.33. The number of aromatic nitrogens is 2. The maximum absolute atomic E-state index is 14.6. The molecule has 10 nitrogen and oxygen atoms in total. The lowest BCUT2D eigenvalue weighted by molar-refractivity contribution is -0.0207. The fraction of sp³-hybridized carbons (Fsp3) is 0.469. The molecular formula is C32H40FN5O5S2. The number of nitrogens with one attached hydrogen (secondary N) is 2. The number of H-pyrrole nitrogens is 1. The number of hydrogen-bond acceptors (Lipinski definition) is 10. The third kappa shape index (κ3) is 8.34. The first-order chi connectivity index (χ1) is 21.4. The number of aliphatic hydroxyl groups is 2. The third-order valence-electron chi connectivity index (χ3n) is 8.24. The van der Waals surface area contributed by atoms with Gasteiger partial charge in [-0.25, -0.2) is 9.37 Å². The molecule has 4 aromatic rings. The van der Waals surface area contributed by atoms with Crippen LogP contribution in [0.4, 0.5) is 4.39 Å². The average molecular weight is 658 g/mol. The second-order valence-corrected chi connectivity index (χ2v) is 14.3. The van der Waals surface area contributed by atoms with Crippen LogP contribution in [0.5, 0.6) is 5.75 Å². The summed E-state index contributed by atoms with van der Waals surface area (Å²) in [5.74, 6) is -0.311. The number of amides is 1. The molecule has 0 radical (unpaired) electrons. The van der Waals surface area contributed by atoms with E-state index in [1.807, 2.05) is 31.9 Å². The quantitative estimate of drug-likeness (QED) is 0.154. The van der Waals surface area contributed by atoms with Gasteiger partial charge in [-0.05, 0) is 55.6 Å². The Balaban J connectivity index is 1.10. The number of carbonyl (C=O) groups excluding carboxylic acids is 1. The number of halogens is 1. The molecule has 1 aliphatic rings. The summed E-state index contributed by atoms with van der Waals surface area (Å²) in [6.45, 7) is 6.91. The highest BCUT2D eigenvalue weighted by atomic mass is 32.1. The number of likely N-dealkylation sites (tertiary alicyclic amines) is 1. The number of fused-ring (bicyclic) bond motifs is 1. The molecule has 242 valence electrons. The molecule has 5 rings (SSSR count). The van der Waals surface area contributed by atoms with Crippen molar-refractivity contribution in [2.45, 2.75) is 57.3 Å². The summed E-state index contributed by atoms with van der Waals surface area (Å²) in [6.07, 6.45) is 2.28. The topological polar surface area (TPSA) is 142 Å². The van der Waals surface area contributed by atoms with Crippen LogP contribution in [0.15, 0.2) is 41.3 Å². The molecule has 0 bridgehead atoms. The highest BCUT2D eigenvalue weighted by molar-refractivity contribution is 7.16. The van der Waals surface area contributed by atoms with Crippen LogP contribution >= 0.6 is 22.7 Å². The Morgan fingerprint density at radius 3 is 2.64 bits per heavy atom. The lowest BCUT2D eigenvalue weighted by Gasteiger charge is -2.38. The van der Waals surface area contributed by atoms with E-state index in [9.17, 15) is 29.3 Å². The number of hydrogen-bond donors (Lipinski definition) is 5. The first kappa shape index (κ1) is 33.2. The number of aliphatic hydroxyl groups excluding tert-OH is 1. The van der Waals surface area contributed by atoms with Crippen LogP contribution in [0.3, 0.4) is 0 Å². The monoisotopic (exact) mass is 657 g/mol. The number of nitrogens with zero attached hydrogens (tertiary/aromatic N) is 3. The SMILES string of the molecule is CC(C)c1ncc(C(=O)NCC2(O)CCN(Cc3cc(F)cc(CCN(C)C[C@H](O)c4ccc(O)c5[nH]c(=O)sc45)c3)CC2)s1. The minimum absolute atomic E-state index is 0.0359. The van der Waals surface area contributed by atoms with E-state index in [-0.39, 0.29) is 34.8 Å². The summed E-state index contributed by atoms with van der Waals surface area (Å²) < 4.78 is 15.1. The zero-order chi connectivity index (χ0) is 32.3. The smallest absolute Gasteiger partial charge is 0.305 e. The van der Waals surface area contributed by atoms with E-state index in [1.54, 1.807) is 12.3 Å².